The molecule has 1 rings (SSSR count). The highest BCUT2D eigenvalue weighted by Crippen LogP contribution is 2.32. The van der Waals surface area contributed by atoms with E-state index in [1.165, 1.54) is 12.1 Å². The monoisotopic (exact) mass is 340 g/mol. The zero-order valence-corrected chi connectivity index (χ0v) is 13.6. The molecule has 0 aliphatic rings. The Morgan fingerprint density at radius 3 is 2.60 bits per heavy atom. The number of nitrogens with two attached hydrogens (primary N) is 1. The second kappa shape index (κ2) is 7.47. The molecule has 0 fully saturated rings. The van der Waals surface area contributed by atoms with E-state index >= 15 is 0 Å². The molecule has 3 N–H and O–H groups in total. The predicted octanol–water partition coefficient (Wildman–Crippen LogP) is 2.53. The van der Waals surface area contributed by atoms with Crippen molar-refractivity contribution in [3.8, 4) is 0 Å². The van der Waals surface area contributed by atoms with Crippen molar-refractivity contribution in [2.45, 2.75) is 18.7 Å². The summed E-state index contributed by atoms with van der Waals surface area (Å²) in [5.41, 5.74) is 5.66. The Balaban J connectivity index is 2.68. The highest BCUT2D eigenvalue weighted by molar-refractivity contribution is 7.89. The van der Waals surface area contributed by atoms with Gasteiger partial charge in [0.25, 0.3) is 0 Å². The number of nitrogens with one attached hydrogen (secondary N) is 1. The number of halogens is 2. The van der Waals surface area contributed by atoms with Crippen LogP contribution in [0.1, 0.15) is 13.8 Å². The first-order valence-corrected chi connectivity index (χ1v) is 8.30. The molecule has 0 spiro atoms. The molecule has 0 saturated carbocycles. The summed E-state index contributed by atoms with van der Waals surface area (Å²) in [4.78, 5) is -0.0927. The van der Waals surface area contributed by atoms with E-state index in [2.05, 4.69) is 4.72 Å². The highest BCUT2D eigenvalue weighted by atomic mass is 35.5. The maximum atomic E-state index is 12.1. The van der Waals surface area contributed by atoms with E-state index in [4.69, 9.17) is 33.7 Å². The number of nitrogen functional groups attached to an aromatic ring is 1. The van der Waals surface area contributed by atoms with Gasteiger partial charge >= 0.3 is 0 Å². The van der Waals surface area contributed by atoms with Crippen molar-refractivity contribution in [1.82, 2.24) is 4.72 Å². The molecule has 114 valence electrons. The number of hydrogen-bond acceptors (Lipinski definition) is 4. The molecule has 0 saturated heterocycles. The van der Waals surface area contributed by atoms with Crippen molar-refractivity contribution in [3.63, 3.8) is 0 Å². The largest absolute Gasteiger partial charge is 0.396 e. The van der Waals surface area contributed by atoms with Gasteiger partial charge in [0, 0.05) is 13.2 Å². The minimum atomic E-state index is -3.73. The molecule has 1 aromatic rings. The van der Waals surface area contributed by atoms with Gasteiger partial charge in [0.15, 0.2) is 0 Å². The molecule has 0 atom stereocenters. The van der Waals surface area contributed by atoms with Crippen LogP contribution in [0.4, 0.5) is 5.69 Å². The van der Waals surface area contributed by atoms with E-state index in [1.54, 1.807) is 0 Å². The average Bonchev–Trinajstić information content (AvgIpc) is 2.34. The second-order valence-electron chi connectivity index (χ2n) is 4.64. The van der Waals surface area contributed by atoms with Crippen molar-refractivity contribution >= 4 is 38.9 Å². The van der Waals surface area contributed by atoms with E-state index in [-0.39, 0.29) is 33.8 Å². The van der Waals surface area contributed by atoms with Gasteiger partial charge in [-0.05, 0) is 18.1 Å². The van der Waals surface area contributed by atoms with Crippen molar-refractivity contribution in [2.75, 3.05) is 25.5 Å². The maximum absolute atomic E-state index is 12.1. The smallest absolute Gasteiger partial charge is 0.242 e. The fraction of sp³-hybridized carbons (Fsp3) is 0.500. The Bertz CT molecular complexity index is 562. The van der Waals surface area contributed by atoms with Crippen LogP contribution in [0.25, 0.3) is 0 Å². The van der Waals surface area contributed by atoms with Gasteiger partial charge in [-0.1, -0.05) is 37.0 Å². The highest BCUT2D eigenvalue weighted by Gasteiger charge is 2.20. The predicted molar refractivity (Wildman–Crippen MR) is 81.7 cm³/mol. The van der Waals surface area contributed by atoms with Gasteiger partial charge in [-0.15, -0.1) is 0 Å². The normalized spacial score (nSPS) is 12.1. The molecule has 0 bridgehead atoms. The molecule has 0 aliphatic heterocycles. The fourth-order valence-corrected chi connectivity index (χ4v) is 3.18. The lowest BCUT2D eigenvalue weighted by Crippen LogP contribution is -2.28. The van der Waals surface area contributed by atoms with Crippen molar-refractivity contribution in [2.24, 2.45) is 5.92 Å². The summed E-state index contributed by atoms with van der Waals surface area (Å²) in [6, 6.07) is 2.71. The SMILES string of the molecule is CC(C)COCCNS(=O)(=O)c1ccc(Cl)c(N)c1Cl. The molecule has 0 unspecified atom stereocenters. The molecule has 5 nitrogen and oxygen atoms in total. The Labute approximate surface area is 129 Å². The van der Waals surface area contributed by atoms with E-state index in [0.717, 1.165) is 0 Å². The van der Waals surface area contributed by atoms with Crippen LogP contribution >= 0.6 is 23.2 Å². The standard InChI is InChI=1S/C12H18Cl2N2O3S/c1-8(2)7-19-6-5-16-20(17,18)10-4-3-9(13)12(15)11(10)14/h3-4,8,16H,5-7,15H2,1-2H3. The first-order valence-electron chi connectivity index (χ1n) is 6.06. The summed E-state index contributed by atoms with van der Waals surface area (Å²) in [6.07, 6.45) is 0. The molecule has 20 heavy (non-hydrogen) atoms. The molecular formula is C12H18Cl2N2O3S. The average molecular weight is 341 g/mol. The lowest BCUT2D eigenvalue weighted by Gasteiger charge is -2.11. The Kier molecular flexibility index (Phi) is 6.54. The first kappa shape index (κ1) is 17.5. The van der Waals surface area contributed by atoms with Gasteiger partial charge in [0.2, 0.25) is 10.0 Å². The van der Waals surface area contributed by atoms with Crippen LogP contribution in [0.15, 0.2) is 17.0 Å². The lowest BCUT2D eigenvalue weighted by molar-refractivity contribution is 0.114. The van der Waals surface area contributed by atoms with Crippen LogP contribution in [0, 0.1) is 5.92 Å². The fourth-order valence-electron chi connectivity index (χ4n) is 1.40. The summed E-state index contributed by atoms with van der Waals surface area (Å²) >= 11 is 11.7. The minimum Gasteiger partial charge on any atom is -0.396 e. The summed E-state index contributed by atoms with van der Waals surface area (Å²) in [6.45, 7) is 5.06. The van der Waals surface area contributed by atoms with Gasteiger partial charge in [-0.25, -0.2) is 13.1 Å². The number of ether oxygens (including phenoxy) is 1. The zero-order chi connectivity index (χ0) is 15.3. The Hall–Kier alpha value is -0.530. The zero-order valence-electron chi connectivity index (χ0n) is 11.3. The number of benzene rings is 1. The van der Waals surface area contributed by atoms with Gasteiger partial charge in [-0.3, -0.25) is 0 Å². The molecule has 0 radical (unpaired) electrons. The van der Waals surface area contributed by atoms with Crippen molar-refractivity contribution < 1.29 is 13.2 Å². The van der Waals surface area contributed by atoms with Crippen molar-refractivity contribution in [1.29, 1.82) is 0 Å². The Morgan fingerprint density at radius 1 is 1.35 bits per heavy atom. The number of sulfonamides is 1. The minimum absolute atomic E-state index is 0.0484. The number of rotatable bonds is 7. The molecular weight excluding hydrogens is 323 g/mol. The third-order valence-corrected chi connectivity index (χ3v) is 4.72. The van der Waals surface area contributed by atoms with E-state index in [9.17, 15) is 8.42 Å². The maximum Gasteiger partial charge on any atom is 0.242 e. The van der Waals surface area contributed by atoms with Gasteiger partial charge in [0.1, 0.15) is 4.90 Å². The third kappa shape index (κ3) is 4.79. The van der Waals surface area contributed by atoms with E-state index in [0.29, 0.717) is 12.5 Å². The van der Waals surface area contributed by atoms with Crippen molar-refractivity contribution in [3.05, 3.63) is 22.2 Å². The molecule has 1 aromatic carbocycles. The van der Waals surface area contributed by atoms with Crippen LogP contribution in [0.5, 0.6) is 0 Å². The van der Waals surface area contributed by atoms with Crippen LogP contribution in [0.2, 0.25) is 10.0 Å². The first-order chi connectivity index (χ1) is 9.25. The van der Waals surface area contributed by atoms with Gasteiger partial charge in [-0.2, -0.15) is 0 Å². The molecule has 0 aromatic heterocycles. The molecule has 8 heteroatoms. The summed E-state index contributed by atoms with van der Waals surface area (Å²) in [5, 5.41) is 0.141. The number of hydrogen-bond donors (Lipinski definition) is 2. The summed E-state index contributed by atoms with van der Waals surface area (Å²) in [7, 11) is -3.73. The second-order valence-corrected chi connectivity index (χ2v) is 7.16. The summed E-state index contributed by atoms with van der Waals surface area (Å²) in [5.74, 6) is 0.400. The molecule has 0 aliphatic carbocycles. The number of anilines is 1. The molecule has 0 heterocycles. The van der Waals surface area contributed by atoms with Gasteiger partial charge < -0.3 is 10.5 Å². The van der Waals surface area contributed by atoms with Crippen LogP contribution in [-0.2, 0) is 14.8 Å². The lowest BCUT2D eigenvalue weighted by atomic mass is 10.2. The Morgan fingerprint density at radius 2 is 2.00 bits per heavy atom. The molecule has 0 amide bonds. The summed E-state index contributed by atoms with van der Waals surface area (Å²) < 4.78 is 31.8. The van der Waals surface area contributed by atoms with Crippen LogP contribution in [-0.4, -0.2) is 28.2 Å². The topological polar surface area (TPSA) is 81.4 Å². The quantitative estimate of drug-likeness (QED) is 0.590. The van der Waals surface area contributed by atoms with Crippen LogP contribution in [0.3, 0.4) is 0 Å². The van der Waals surface area contributed by atoms with E-state index in [1.807, 2.05) is 13.8 Å². The third-order valence-electron chi connectivity index (χ3n) is 2.37. The van der Waals surface area contributed by atoms with Gasteiger partial charge in [0.05, 0.1) is 22.3 Å². The van der Waals surface area contributed by atoms with E-state index < -0.39 is 10.0 Å². The van der Waals surface area contributed by atoms with Crippen LogP contribution < -0.4 is 10.5 Å².